The summed E-state index contributed by atoms with van der Waals surface area (Å²) >= 11 is 1.81. The van der Waals surface area contributed by atoms with E-state index in [0.717, 1.165) is 45.7 Å². The molecule has 1 atom stereocenters. The number of rotatable bonds is 3. The standard InChI is InChI=1S/C15H21N3OS.2ClH/c19-15(14-5-1-6-16-14)18-8-3-7-17(9-10-18)12-13-4-2-11-20-13;;/h1-2,4-5,11,14,16H,3,6-10,12H2;2*1H. The van der Waals surface area contributed by atoms with Crippen molar-refractivity contribution in [3.05, 3.63) is 34.5 Å². The number of carbonyl (C=O) groups is 1. The molecule has 0 radical (unpaired) electrons. The lowest BCUT2D eigenvalue weighted by molar-refractivity contribution is -0.131. The molecule has 0 bridgehead atoms. The van der Waals surface area contributed by atoms with Gasteiger partial charge < -0.3 is 4.90 Å². The molecular formula is C15H23Cl2N3OS. The molecule has 3 heterocycles. The first-order chi connectivity index (χ1) is 9.83. The second-order valence-corrected chi connectivity index (χ2v) is 6.38. The van der Waals surface area contributed by atoms with Gasteiger partial charge in [0.15, 0.2) is 0 Å². The zero-order valence-electron chi connectivity index (χ0n) is 12.4. The van der Waals surface area contributed by atoms with Gasteiger partial charge in [-0.05, 0) is 17.9 Å². The van der Waals surface area contributed by atoms with Gasteiger partial charge in [-0.15, -0.1) is 36.2 Å². The summed E-state index contributed by atoms with van der Waals surface area (Å²) in [5.74, 6) is 0.233. The van der Waals surface area contributed by atoms with Crippen LogP contribution in [-0.4, -0.2) is 54.5 Å². The third kappa shape index (κ3) is 4.96. The Morgan fingerprint density at radius 3 is 2.82 bits per heavy atom. The number of thiophene rings is 1. The summed E-state index contributed by atoms with van der Waals surface area (Å²) in [4.78, 5) is 18.3. The summed E-state index contributed by atoms with van der Waals surface area (Å²) in [6.45, 7) is 5.60. The van der Waals surface area contributed by atoms with E-state index in [-0.39, 0.29) is 36.8 Å². The molecular weight excluding hydrogens is 341 g/mol. The van der Waals surface area contributed by atoms with Gasteiger partial charge >= 0.3 is 0 Å². The Morgan fingerprint density at radius 1 is 1.27 bits per heavy atom. The molecule has 1 fully saturated rings. The largest absolute Gasteiger partial charge is 0.340 e. The second-order valence-electron chi connectivity index (χ2n) is 5.35. The highest BCUT2D eigenvalue weighted by Crippen LogP contribution is 2.14. The van der Waals surface area contributed by atoms with Crippen molar-refractivity contribution in [2.24, 2.45) is 0 Å². The molecule has 22 heavy (non-hydrogen) atoms. The molecule has 0 spiro atoms. The molecule has 1 N–H and O–H groups in total. The van der Waals surface area contributed by atoms with Crippen LogP contribution in [0, 0.1) is 0 Å². The van der Waals surface area contributed by atoms with Crippen molar-refractivity contribution >= 4 is 42.1 Å². The first-order valence-electron chi connectivity index (χ1n) is 7.26. The maximum Gasteiger partial charge on any atom is 0.243 e. The molecule has 1 aromatic heterocycles. The molecule has 1 saturated heterocycles. The smallest absolute Gasteiger partial charge is 0.243 e. The van der Waals surface area contributed by atoms with Crippen molar-refractivity contribution in [1.82, 2.24) is 15.1 Å². The van der Waals surface area contributed by atoms with Gasteiger partial charge in [-0.1, -0.05) is 18.2 Å². The molecule has 2 aliphatic rings. The fraction of sp³-hybridized carbons (Fsp3) is 0.533. The number of amides is 1. The van der Waals surface area contributed by atoms with Crippen LogP contribution < -0.4 is 5.32 Å². The molecule has 0 saturated carbocycles. The Labute approximate surface area is 148 Å². The van der Waals surface area contributed by atoms with Gasteiger partial charge in [0.25, 0.3) is 0 Å². The second kappa shape index (κ2) is 9.53. The van der Waals surface area contributed by atoms with Crippen molar-refractivity contribution in [2.75, 3.05) is 32.7 Å². The molecule has 2 aliphatic heterocycles. The Morgan fingerprint density at radius 2 is 2.14 bits per heavy atom. The van der Waals surface area contributed by atoms with Crippen LogP contribution >= 0.6 is 36.2 Å². The van der Waals surface area contributed by atoms with E-state index in [9.17, 15) is 4.79 Å². The molecule has 1 aromatic rings. The lowest BCUT2D eigenvalue weighted by atomic mass is 10.2. The van der Waals surface area contributed by atoms with Crippen molar-refractivity contribution < 1.29 is 4.79 Å². The van der Waals surface area contributed by atoms with Crippen LogP contribution in [-0.2, 0) is 11.3 Å². The fourth-order valence-electron chi connectivity index (χ4n) is 2.81. The summed E-state index contributed by atoms with van der Waals surface area (Å²) < 4.78 is 0. The topological polar surface area (TPSA) is 35.6 Å². The van der Waals surface area contributed by atoms with Gasteiger partial charge in [0, 0.05) is 44.1 Å². The van der Waals surface area contributed by atoms with Crippen molar-refractivity contribution in [3.63, 3.8) is 0 Å². The van der Waals surface area contributed by atoms with Gasteiger partial charge in [0.1, 0.15) is 6.04 Å². The zero-order valence-corrected chi connectivity index (χ0v) is 14.9. The molecule has 4 nitrogen and oxygen atoms in total. The van der Waals surface area contributed by atoms with Crippen molar-refractivity contribution in [3.8, 4) is 0 Å². The van der Waals surface area contributed by atoms with E-state index in [0.29, 0.717) is 0 Å². The van der Waals surface area contributed by atoms with E-state index >= 15 is 0 Å². The van der Waals surface area contributed by atoms with Gasteiger partial charge in [-0.2, -0.15) is 0 Å². The maximum atomic E-state index is 12.4. The van der Waals surface area contributed by atoms with Gasteiger partial charge in [-0.3, -0.25) is 15.0 Å². The Bertz CT molecular complexity index is 481. The number of hydrogen-bond acceptors (Lipinski definition) is 4. The number of halogens is 2. The highest BCUT2D eigenvalue weighted by Gasteiger charge is 2.25. The van der Waals surface area contributed by atoms with E-state index in [4.69, 9.17) is 0 Å². The molecule has 1 unspecified atom stereocenters. The number of nitrogens with one attached hydrogen (secondary N) is 1. The monoisotopic (exact) mass is 363 g/mol. The summed E-state index contributed by atoms with van der Waals surface area (Å²) in [6, 6.07) is 4.19. The van der Waals surface area contributed by atoms with E-state index < -0.39 is 0 Å². The van der Waals surface area contributed by atoms with Crippen molar-refractivity contribution in [2.45, 2.75) is 19.0 Å². The van der Waals surface area contributed by atoms with E-state index in [1.54, 1.807) is 0 Å². The van der Waals surface area contributed by atoms with Crippen LogP contribution in [0.2, 0.25) is 0 Å². The fourth-order valence-corrected chi connectivity index (χ4v) is 3.55. The minimum absolute atomic E-state index is 0. The molecule has 1 amide bonds. The normalized spacial score (nSPS) is 21.8. The van der Waals surface area contributed by atoms with Crippen molar-refractivity contribution in [1.29, 1.82) is 0 Å². The van der Waals surface area contributed by atoms with Crippen LogP contribution in [0.4, 0.5) is 0 Å². The number of hydrogen-bond donors (Lipinski definition) is 1. The molecule has 124 valence electrons. The zero-order chi connectivity index (χ0) is 13.8. The third-order valence-corrected chi connectivity index (χ3v) is 4.77. The highest BCUT2D eigenvalue weighted by molar-refractivity contribution is 7.09. The number of carbonyl (C=O) groups excluding carboxylic acids is 1. The molecule has 0 aromatic carbocycles. The quantitative estimate of drug-likeness (QED) is 0.835. The van der Waals surface area contributed by atoms with Crippen LogP contribution in [0.25, 0.3) is 0 Å². The highest BCUT2D eigenvalue weighted by atomic mass is 35.5. The van der Waals surface area contributed by atoms with Gasteiger partial charge in [0.2, 0.25) is 5.91 Å². The van der Waals surface area contributed by atoms with E-state index in [1.807, 2.05) is 28.4 Å². The van der Waals surface area contributed by atoms with Crippen LogP contribution in [0.3, 0.4) is 0 Å². The Kier molecular flexibility index (Phi) is 8.43. The SMILES string of the molecule is Cl.Cl.O=C(C1C=CCN1)N1CCCN(Cc2cccs2)CC1. The molecule has 3 rings (SSSR count). The summed E-state index contributed by atoms with van der Waals surface area (Å²) in [7, 11) is 0. The summed E-state index contributed by atoms with van der Waals surface area (Å²) in [5, 5.41) is 5.33. The minimum atomic E-state index is -0.0983. The average molecular weight is 364 g/mol. The molecule has 7 heteroatoms. The van der Waals surface area contributed by atoms with Gasteiger partial charge in [-0.25, -0.2) is 0 Å². The Hall–Kier alpha value is -0.590. The van der Waals surface area contributed by atoms with Crippen LogP contribution in [0.5, 0.6) is 0 Å². The minimum Gasteiger partial charge on any atom is -0.340 e. The first kappa shape index (κ1) is 19.5. The first-order valence-corrected chi connectivity index (χ1v) is 8.14. The lowest BCUT2D eigenvalue weighted by Crippen LogP contribution is -2.45. The maximum absolute atomic E-state index is 12.4. The van der Waals surface area contributed by atoms with E-state index in [2.05, 4.69) is 27.7 Å². The lowest BCUT2D eigenvalue weighted by Gasteiger charge is -2.24. The molecule has 0 aliphatic carbocycles. The predicted octanol–water partition coefficient (Wildman–Crippen LogP) is 2.15. The Balaban J connectivity index is 0.00000121. The number of nitrogens with zero attached hydrogens (tertiary/aromatic N) is 2. The third-order valence-electron chi connectivity index (χ3n) is 3.91. The summed E-state index contributed by atoms with van der Waals surface area (Å²) in [5.41, 5.74) is 0. The van der Waals surface area contributed by atoms with E-state index in [1.165, 1.54) is 4.88 Å². The van der Waals surface area contributed by atoms with Gasteiger partial charge in [0.05, 0.1) is 0 Å². The van der Waals surface area contributed by atoms with Crippen LogP contribution in [0.15, 0.2) is 29.7 Å². The van der Waals surface area contributed by atoms with Crippen LogP contribution in [0.1, 0.15) is 11.3 Å². The summed E-state index contributed by atoms with van der Waals surface area (Å²) in [6.07, 6.45) is 5.08. The average Bonchev–Trinajstić information content (AvgIpc) is 3.10. The predicted molar refractivity (Wildman–Crippen MR) is 96.2 cm³/mol.